The van der Waals surface area contributed by atoms with Crippen molar-refractivity contribution in [3.05, 3.63) is 22.5 Å². The Hall–Kier alpha value is -2.15. The van der Waals surface area contributed by atoms with E-state index < -0.39 is 17.9 Å². The number of rotatable bonds is 5. The standard InChI is InChI=1S/C16H21NO6/c1-8-7-10-12(14(18)11(8)15(19)22-4)9(2)13(17-10)16(20)23-6-5-21-3/h8,11,17H,5-7H2,1-4H3/t8-,11-/m1/s1. The molecule has 2 atom stereocenters. The maximum Gasteiger partial charge on any atom is 0.355 e. The molecule has 2 rings (SSSR count). The summed E-state index contributed by atoms with van der Waals surface area (Å²) in [6, 6.07) is 0. The van der Waals surface area contributed by atoms with Gasteiger partial charge >= 0.3 is 11.9 Å². The molecule has 0 radical (unpaired) electrons. The minimum absolute atomic E-state index is 0.133. The maximum atomic E-state index is 12.7. The van der Waals surface area contributed by atoms with Gasteiger partial charge < -0.3 is 19.2 Å². The molecule has 0 aliphatic heterocycles. The molecule has 0 amide bonds. The van der Waals surface area contributed by atoms with E-state index in [4.69, 9.17) is 14.2 Å². The molecule has 0 unspecified atom stereocenters. The second kappa shape index (κ2) is 6.95. The van der Waals surface area contributed by atoms with E-state index in [1.165, 1.54) is 14.2 Å². The first kappa shape index (κ1) is 17.2. The Balaban J connectivity index is 2.31. The molecular formula is C16H21NO6. The number of aromatic nitrogens is 1. The van der Waals surface area contributed by atoms with Gasteiger partial charge in [0.1, 0.15) is 18.2 Å². The molecule has 0 saturated heterocycles. The van der Waals surface area contributed by atoms with Gasteiger partial charge in [-0.15, -0.1) is 0 Å². The number of esters is 2. The van der Waals surface area contributed by atoms with Crippen LogP contribution in [0.3, 0.4) is 0 Å². The molecular weight excluding hydrogens is 302 g/mol. The SMILES string of the molecule is COCCOC(=O)c1[nH]c2c(c1C)C(=O)[C@H](C(=O)OC)[C@H](C)C2. The first-order chi connectivity index (χ1) is 10.9. The highest BCUT2D eigenvalue weighted by Gasteiger charge is 2.41. The summed E-state index contributed by atoms with van der Waals surface area (Å²) < 4.78 is 14.6. The van der Waals surface area contributed by atoms with E-state index in [1.807, 2.05) is 6.92 Å². The summed E-state index contributed by atoms with van der Waals surface area (Å²) in [6.07, 6.45) is 0.493. The fourth-order valence-corrected chi connectivity index (χ4v) is 2.96. The fraction of sp³-hybridized carbons (Fsp3) is 0.562. The molecule has 1 aromatic heterocycles. The van der Waals surface area contributed by atoms with E-state index in [0.29, 0.717) is 29.8 Å². The largest absolute Gasteiger partial charge is 0.468 e. The zero-order valence-electron chi connectivity index (χ0n) is 13.7. The van der Waals surface area contributed by atoms with Gasteiger partial charge in [-0.1, -0.05) is 6.92 Å². The van der Waals surface area contributed by atoms with Gasteiger partial charge in [0.15, 0.2) is 5.78 Å². The molecule has 0 fully saturated rings. The van der Waals surface area contributed by atoms with Crippen LogP contribution in [-0.2, 0) is 25.4 Å². The van der Waals surface area contributed by atoms with Crippen molar-refractivity contribution in [1.82, 2.24) is 4.98 Å². The van der Waals surface area contributed by atoms with Crippen molar-refractivity contribution >= 4 is 17.7 Å². The lowest BCUT2D eigenvalue weighted by Crippen LogP contribution is -2.36. The molecule has 1 N–H and O–H groups in total. The summed E-state index contributed by atoms with van der Waals surface area (Å²) >= 11 is 0. The molecule has 23 heavy (non-hydrogen) atoms. The van der Waals surface area contributed by atoms with Crippen molar-refractivity contribution in [3.8, 4) is 0 Å². The lowest BCUT2D eigenvalue weighted by Gasteiger charge is -2.25. The Morgan fingerprint density at radius 2 is 1.96 bits per heavy atom. The van der Waals surface area contributed by atoms with Crippen LogP contribution in [0.5, 0.6) is 0 Å². The second-order valence-corrected chi connectivity index (χ2v) is 5.65. The third-order valence-electron chi connectivity index (χ3n) is 4.13. The van der Waals surface area contributed by atoms with Crippen LogP contribution >= 0.6 is 0 Å². The number of H-pyrrole nitrogens is 1. The van der Waals surface area contributed by atoms with Gasteiger partial charge in [0.05, 0.1) is 13.7 Å². The van der Waals surface area contributed by atoms with Crippen molar-refractivity contribution in [2.24, 2.45) is 11.8 Å². The number of hydrogen-bond donors (Lipinski definition) is 1. The summed E-state index contributed by atoms with van der Waals surface area (Å²) in [5.41, 5.74) is 1.82. The highest BCUT2D eigenvalue weighted by atomic mass is 16.6. The molecule has 126 valence electrons. The van der Waals surface area contributed by atoms with Gasteiger partial charge in [-0.3, -0.25) is 9.59 Å². The van der Waals surface area contributed by atoms with Crippen LogP contribution in [-0.4, -0.2) is 50.1 Å². The van der Waals surface area contributed by atoms with Crippen LogP contribution in [0, 0.1) is 18.8 Å². The lowest BCUT2D eigenvalue weighted by atomic mass is 9.77. The van der Waals surface area contributed by atoms with Crippen LogP contribution < -0.4 is 0 Å². The third-order valence-corrected chi connectivity index (χ3v) is 4.13. The minimum Gasteiger partial charge on any atom is -0.468 e. The van der Waals surface area contributed by atoms with Crippen molar-refractivity contribution in [3.63, 3.8) is 0 Å². The average molecular weight is 323 g/mol. The van der Waals surface area contributed by atoms with E-state index in [0.717, 1.165) is 0 Å². The monoisotopic (exact) mass is 323 g/mol. The number of ether oxygens (including phenoxy) is 3. The number of hydrogen-bond acceptors (Lipinski definition) is 6. The maximum absolute atomic E-state index is 12.7. The van der Waals surface area contributed by atoms with Crippen LogP contribution in [0.25, 0.3) is 0 Å². The number of carbonyl (C=O) groups excluding carboxylic acids is 3. The fourth-order valence-electron chi connectivity index (χ4n) is 2.96. The molecule has 0 bridgehead atoms. The Labute approximate surface area is 134 Å². The summed E-state index contributed by atoms with van der Waals surface area (Å²) in [5, 5.41) is 0. The number of Topliss-reactive ketones (excluding diaryl/α,β-unsaturated/α-hetero) is 1. The first-order valence-corrected chi connectivity index (χ1v) is 7.41. The van der Waals surface area contributed by atoms with Gasteiger partial charge in [-0.2, -0.15) is 0 Å². The van der Waals surface area contributed by atoms with E-state index in [2.05, 4.69) is 4.98 Å². The van der Waals surface area contributed by atoms with Crippen molar-refractivity contribution in [1.29, 1.82) is 0 Å². The lowest BCUT2D eigenvalue weighted by molar-refractivity contribution is -0.145. The smallest absolute Gasteiger partial charge is 0.355 e. The molecule has 7 nitrogen and oxygen atoms in total. The summed E-state index contributed by atoms with van der Waals surface area (Å²) in [5.74, 6) is -2.42. The number of aromatic amines is 1. The number of fused-ring (bicyclic) bond motifs is 1. The molecule has 1 heterocycles. The Morgan fingerprint density at radius 1 is 1.26 bits per heavy atom. The van der Waals surface area contributed by atoms with E-state index in [9.17, 15) is 14.4 Å². The molecule has 0 saturated carbocycles. The van der Waals surface area contributed by atoms with Gasteiger partial charge in [0.2, 0.25) is 0 Å². The van der Waals surface area contributed by atoms with Gasteiger partial charge in [-0.25, -0.2) is 4.79 Å². The summed E-state index contributed by atoms with van der Waals surface area (Å²) in [6.45, 7) is 3.92. The quantitative estimate of drug-likeness (QED) is 0.498. The predicted octanol–water partition coefficient (Wildman–Crippen LogP) is 1.29. The van der Waals surface area contributed by atoms with E-state index in [-0.39, 0.29) is 24.0 Å². The number of nitrogens with one attached hydrogen (secondary N) is 1. The number of ketones is 1. The Morgan fingerprint density at radius 3 is 2.57 bits per heavy atom. The molecule has 1 aliphatic rings. The molecule has 0 spiro atoms. The van der Waals surface area contributed by atoms with Gasteiger partial charge in [0.25, 0.3) is 0 Å². The predicted molar refractivity (Wildman–Crippen MR) is 80.4 cm³/mol. The zero-order chi connectivity index (χ0) is 17.1. The van der Waals surface area contributed by atoms with Crippen LogP contribution in [0.4, 0.5) is 0 Å². The van der Waals surface area contributed by atoms with Crippen molar-refractivity contribution < 1.29 is 28.6 Å². The second-order valence-electron chi connectivity index (χ2n) is 5.65. The number of carbonyl (C=O) groups is 3. The van der Waals surface area contributed by atoms with Gasteiger partial charge in [-0.05, 0) is 24.8 Å². The van der Waals surface area contributed by atoms with Crippen LogP contribution in [0.15, 0.2) is 0 Å². The summed E-state index contributed by atoms with van der Waals surface area (Å²) in [7, 11) is 2.78. The molecule has 1 aromatic rings. The average Bonchev–Trinajstić information content (AvgIpc) is 2.84. The highest BCUT2D eigenvalue weighted by Crippen LogP contribution is 2.34. The zero-order valence-corrected chi connectivity index (χ0v) is 13.7. The molecule has 1 aliphatic carbocycles. The minimum atomic E-state index is -0.834. The Kier molecular flexibility index (Phi) is 5.20. The summed E-state index contributed by atoms with van der Waals surface area (Å²) in [4.78, 5) is 39.6. The number of methoxy groups -OCH3 is 2. The van der Waals surface area contributed by atoms with E-state index in [1.54, 1.807) is 6.92 Å². The molecule has 7 heteroatoms. The first-order valence-electron chi connectivity index (χ1n) is 7.41. The topological polar surface area (TPSA) is 94.7 Å². The Bertz CT molecular complexity index is 633. The normalized spacial score (nSPS) is 20.1. The van der Waals surface area contributed by atoms with E-state index >= 15 is 0 Å². The highest BCUT2D eigenvalue weighted by molar-refractivity contribution is 6.12. The van der Waals surface area contributed by atoms with Crippen LogP contribution in [0.2, 0.25) is 0 Å². The molecule has 0 aromatic carbocycles. The van der Waals surface area contributed by atoms with Crippen LogP contribution in [0.1, 0.15) is 39.0 Å². The third kappa shape index (κ3) is 3.14. The van der Waals surface area contributed by atoms with Crippen molar-refractivity contribution in [2.45, 2.75) is 20.3 Å². The van der Waals surface area contributed by atoms with Gasteiger partial charge in [0, 0.05) is 18.4 Å². The van der Waals surface area contributed by atoms with Crippen molar-refractivity contribution in [2.75, 3.05) is 27.4 Å².